The minimum atomic E-state index is -0.165. The molecule has 2 saturated heterocycles. The topological polar surface area (TPSA) is 76.7 Å². The molecular formula is C22H35N5O2. The first-order valence-electron chi connectivity index (χ1n) is 10.5. The molecule has 0 spiro atoms. The van der Waals surface area contributed by atoms with Crippen LogP contribution in [-0.2, 0) is 4.79 Å². The fourth-order valence-electron chi connectivity index (χ4n) is 4.84. The highest BCUT2D eigenvalue weighted by atomic mass is 16.2. The third kappa shape index (κ3) is 5.85. The van der Waals surface area contributed by atoms with Crippen LogP contribution in [0.2, 0.25) is 0 Å². The van der Waals surface area contributed by atoms with Crippen molar-refractivity contribution in [2.75, 3.05) is 36.4 Å². The quantitative estimate of drug-likeness (QED) is 0.728. The summed E-state index contributed by atoms with van der Waals surface area (Å²) >= 11 is 0. The highest BCUT2D eigenvalue weighted by Crippen LogP contribution is 2.28. The van der Waals surface area contributed by atoms with Crippen LogP contribution in [0, 0.1) is 0 Å². The van der Waals surface area contributed by atoms with E-state index in [0.717, 1.165) is 50.4 Å². The molecule has 0 aliphatic carbocycles. The molecule has 2 fully saturated rings. The fraction of sp³-hybridized carbons (Fsp3) is 0.636. The summed E-state index contributed by atoms with van der Waals surface area (Å²) in [6.45, 7) is 13.4. The molecule has 3 rings (SSSR count). The molecule has 2 aliphatic heterocycles. The Hall–Kier alpha value is -2.28. The third-order valence-electron chi connectivity index (χ3n) is 5.72. The summed E-state index contributed by atoms with van der Waals surface area (Å²) in [6, 6.07) is 7.87. The van der Waals surface area contributed by atoms with Crippen LogP contribution in [0.4, 0.5) is 16.2 Å². The van der Waals surface area contributed by atoms with Gasteiger partial charge in [0.25, 0.3) is 0 Å². The van der Waals surface area contributed by atoms with Crippen molar-refractivity contribution in [1.29, 1.82) is 0 Å². The van der Waals surface area contributed by atoms with Crippen molar-refractivity contribution in [2.24, 2.45) is 0 Å². The number of carbonyl (C=O) groups is 2. The second-order valence-corrected chi connectivity index (χ2v) is 9.64. The van der Waals surface area contributed by atoms with Crippen LogP contribution < -0.4 is 20.9 Å². The van der Waals surface area contributed by atoms with Crippen LogP contribution in [0.25, 0.3) is 0 Å². The molecule has 0 radical (unpaired) electrons. The van der Waals surface area contributed by atoms with Crippen molar-refractivity contribution < 1.29 is 9.59 Å². The number of hydrogen-bond donors (Lipinski definition) is 3. The summed E-state index contributed by atoms with van der Waals surface area (Å²) in [5.41, 5.74) is 1.82. The van der Waals surface area contributed by atoms with Gasteiger partial charge in [-0.2, -0.15) is 0 Å². The number of anilines is 2. The lowest BCUT2D eigenvalue weighted by Gasteiger charge is -2.46. The molecule has 7 heteroatoms. The monoisotopic (exact) mass is 401 g/mol. The largest absolute Gasteiger partial charge is 0.368 e. The van der Waals surface area contributed by atoms with Gasteiger partial charge in [0, 0.05) is 61.6 Å². The Kier molecular flexibility index (Phi) is 6.08. The molecule has 1 aromatic rings. The molecule has 7 nitrogen and oxygen atoms in total. The minimum absolute atomic E-state index is 0.0123. The van der Waals surface area contributed by atoms with Crippen LogP contribution in [0.15, 0.2) is 24.3 Å². The first kappa shape index (κ1) is 21.4. The molecule has 3 N–H and O–H groups in total. The maximum atomic E-state index is 12.6. The Balaban J connectivity index is 1.57. The average Bonchev–Trinajstić information content (AvgIpc) is 2.59. The highest BCUT2D eigenvalue weighted by Gasteiger charge is 2.38. The zero-order chi connectivity index (χ0) is 21.2. The molecule has 2 aliphatic rings. The standard InChI is InChI=1S/C22H35N5O2/c1-16(28)26-9-11-27(12-10-26)19-8-6-7-17(13-19)23-20(29)24-18-14-21(2,3)25-22(4,5)15-18/h6-8,13,18,25H,9-12,14-15H2,1-5H3,(H2,23,24,29). The van der Waals surface area contributed by atoms with Gasteiger partial charge in [0.05, 0.1) is 0 Å². The minimum Gasteiger partial charge on any atom is -0.368 e. The molecule has 0 saturated carbocycles. The number of carbonyl (C=O) groups excluding carboxylic acids is 2. The summed E-state index contributed by atoms with van der Waals surface area (Å²) in [5.74, 6) is 0.126. The number of rotatable bonds is 3. The predicted molar refractivity (Wildman–Crippen MR) is 117 cm³/mol. The van der Waals surface area contributed by atoms with Gasteiger partial charge in [-0.1, -0.05) is 6.07 Å². The van der Waals surface area contributed by atoms with Crippen molar-refractivity contribution in [2.45, 2.75) is 64.6 Å². The zero-order valence-corrected chi connectivity index (χ0v) is 18.3. The molecule has 1 aromatic carbocycles. The van der Waals surface area contributed by atoms with Crippen LogP contribution in [0.5, 0.6) is 0 Å². The van der Waals surface area contributed by atoms with E-state index in [1.165, 1.54) is 0 Å². The normalized spacial score (nSPS) is 21.6. The number of hydrogen-bond acceptors (Lipinski definition) is 4. The lowest BCUT2D eigenvalue weighted by atomic mass is 9.80. The van der Waals surface area contributed by atoms with Gasteiger partial charge in [-0.25, -0.2) is 4.79 Å². The predicted octanol–water partition coefficient (Wildman–Crippen LogP) is 2.79. The second kappa shape index (κ2) is 8.22. The second-order valence-electron chi connectivity index (χ2n) is 9.64. The van der Waals surface area contributed by atoms with Gasteiger partial charge < -0.3 is 25.8 Å². The van der Waals surface area contributed by atoms with E-state index >= 15 is 0 Å². The summed E-state index contributed by atoms with van der Waals surface area (Å²) in [6.07, 6.45) is 1.79. The van der Waals surface area contributed by atoms with Crippen LogP contribution in [0.3, 0.4) is 0 Å². The number of urea groups is 1. The van der Waals surface area contributed by atoms with Crippen molar-refractivity contribution in [3.63, 3.8) is 0 Å². The van der Waals surface area contributed by atoms with E-state index in [4.69, 9.17) is 0 Å². The van der Waals surface area contributed by atoms with Gasteiger partial charge in [0.1, 0.15) is 0 Å². The van der Waals surface area contributed by atoms with Gasteiger partial charge >= 0.3 is 6.03 Å². The zero-order valence-electron chi connectivity index (χ0n) is 18.3. The SMILES string of the molecule is CC(=O)N1CCN(c2cccc(NC(=O)NC3CC(C)(C)NC(C)(C)C3)c2)CC1. The van der Waals surface area contributed by atoms with Gasteiger partial charge in [-0.15, -0.1) is 0 Å². The van der Waals surface area contributed by atoms with E-state index in [9.17, 15) is 9.59 Å². The van der Waals surface area contributed by atoms with Crippen molar-refractivity contribution in [3.05, 3.63) is 24.3 Å². The Morgan fingerprint density at radius 1 is 1.03 bits per heavy atom. The Bertz CT molecular complexity index is 737. The molecule has 160 valence electrons. The van der Waals surface area contributed by atoms with E-state index in [2.05, 4.69) is 48.5 Å². The average molecular weight is 402 g/mol. The maximum Gasteiger partial charge on any atom is 0.319 e. The molecule has 2 heterocycles. The fourth-order valence-corrected chi connectivity index (χ4v) is 4.84. The maximum absolute atomic E-state index is 12.6. The van der Waals surface area contributed by atoms with Gasteiger partial charge in [-0.3, -0.25) is 4.79 Å². The third-order valence-corrected chi connectivity index (χ3v) is 5.72. The first-order chi connectivity index (χ1) is 13.5. The summed E-state index contributed by atoms with van der Waals surface area (Å²) in [5, 5.41) is 9.77. The summed E-state index contributed by atoms with van der Waals surface area (Å²) in [4.78, 5) is 28.2. The smallest absolute Gasteiger partial charge is 0.319 e. The lowest BCUT2D eigenvalue weighted by molar-refractivity contribution is -0.129. The van der Waals surface area contributed by atoms with E-state index < -0.39 is 0 Å². The number of nitrogens with zero attached hydrogens (tertiary/aromatic N) is 2. The van der Waals surface area contributed by atoms with Gasteiger partial charge in [-0.05, 0) is 58.7 Å². The van der Waals surface area contributed by atoms with Crippen molar-refractivity contribution in [3.8, 4) is 0 Å². The molecule has 3 amide bonds. The first-order valence-corrected chi connectivity index (χ1v) is 10.5. The number of amides is 3. The molecule has 0 aromatic heterocycles. The Labute approximate surface area is 174 Å². The Morgan fingerprint density at radius 3 is 2.24 bits per heavy atom. The molecule has 29 heavy (non-hydrogen) atoms. The number of nitrogens with one attached hydrogen (secondary N) is 3. The van der Waals surface area contributed by atoms with E-state index in [1.54, 1.807) is 6.92 Å². The highest BCUT2D eigenvalue weighted by molar-refractivity contribution is 5.90. The van der Waals surface area contributed by atoms with E-state index in [1.807, 2.05) is 29.2 Å². The number of benzene rings is 1. The number of piperidine rings is 1. The molecule has 0 atom stereocenters. The van der Waals surface area contributed by atoms with Crippen LogP contribution in [-0.4, -0.2) is 60.1 Å². The molecular weight excluding hydrogens is 366 g/mol. The van der Waals surface area contributed by atoms with Crippen LogP contribution >= 0.6 is 0 Å². The van der Waals surface area contributed by atoms with Crippen molar-refractivity contribution in [1.82, 2.24) is 15.5 Å². The molecule has 0 unspecified atom stereocenters. The van der Waals surface area contributed by atoms with Crippen molar-refractivity contribution >= 4 is 23.3 Å². The van der Waals surface area contributed by atoms with E-state index in [0.29, 0.717) is 0 Å². The van der Waals surface area contributed by atoms with E-state index in [-0.39, 0.29) is 29.1 Å². The van der Waals surface area contributed by atoms with Crippen LogP contribution in [0.1, 0.15) is 47.5 Å². The number of piperazine rings is 1. The summed E-state index contributed by atoms with van der Waals surface area (Å²) < 4.78 is 0. The van der Waals surface area contributed by atoms with Gasteiger partial charge in [0.2, 0.25) is 5.91 Å². The summed E-state index contributed by atoms with van der Waals surface area (Å²) in [7, 11) is 0. The molecule has 0 bridgehead atoms. The van der Waals surface area contributed by atoms with Gasteiger partial charge in [0.15, 0.2) is 0 Å². The lowest BCUT2D eigenvalue weighted by Crippen LogP contribution is -2.62. The Morgan fingerprint density at radius 2 is 1.66 bits per heavy atom.